The molecule has 0 aromatic carbocycles. The van der Waals surface area contributed by atoms with Gasteiger partial charge in [0.25, 0.3) is 0 Å². The quantitative estimate of drug-likeness (QED) is 0.457. The van der Waals surface area contributed by atoms with Crippen molar-refractivity contribution in [2.75, 3.05) is 0 Å². The van der Waals surface area contributed by atoms with Crippen molar-refractivity contribution < 1.29 is 10.2 Å². The van der Waals surface area contributed by atoms with Gasteiger partial charge in [-0.1, -0.05) is 6.08 Å². The third-order valence-corrected chi connectivity index (χ3v) is 0.900. The van der Waals surface area contributed by atoms with E-state index < -0.39 is 0 Å². The van der Waals surface area contributed by atoms with Crippen molar-refractivity contribution in [1.29, 1.82) is 0 Å². The van der Waals surface area contributed by atoms with Crippen molar-refractivity contribution in [3.8, 4) is 0 Å². The molecule has 0 aliphatic carbocycles. The summed E-state index contributed by atoms with van der Waals surface area (Å²) in [5.74, 6) is 0.414. The molecule has 0 spiro atoms. The standard InChI is InChI=1S/C8H12O2/c1-3-8(10)6-4-5-7(2)9/h3-6,9-10H,1-2H3. The molecule has 0 amide bonds. The van der Waals surface area contributed by atoms with Crippen LogP contribution in [0.1, 0.15) is 13.8 Å². The molecular formula is C8H12O2. The second kappa shape index (κ2) is 4.68. The Bertz CT molecular complexity index is 172. The molecule has 0 heterocycles. The van der Waals surface area contributed by atoms with E-state index in [2.05, 4.69) is 0 Å². The van der Waals surface area contributed by atoms with Gasteiger partial charge in [-0.25, -0.2) is 0 Å². The zero-order valence-electron chi connectivity index (χ0n) is 6.20. The molecule has 0 aliphatic rings. The molecule has 10 heavy (non-hydrogen) atoms. The summed E-state index contributed by atoms with van der Waals surface area (Å²) in [7, 11) is 0. The monoisotopic (exact) mass is 140 g/mol. The van der Waals surface area contributed by atoms with Crippen LogP contribution in [0.15, 0.2) is 35.8 Å². The van der Waals surface area contributed by atoms with Gasteiger partial charge in [0, 0.05) is 0 Å². The maximum Gasteiger partial charge on any atom is 0.111 e. The number of hydrogen-bond donors (Lipinski definition) is 2. The summed E-state index contributed by atoms with van der Waals surface area (Å²) in [5, 5.41) is 17.5. The molecule has 0 saturated carbocycles. The normalized spacial score (nSPS) is 14.6. The maximum absolute atomic E-state index is 8.83. The van der Waals surface area contributed by atoms with Gasteiger partial charge < -0.3 is 10.2 Å². The highest BCUT2D eigenvalue weighted by atomic mass is 16.3. The lowest BCUT2D eigenvalue weighted by Crippen LogP contribution is -1.70. The second-order valence-corrected chi connectivity index (χ2v) is 1.88. The van der Waals surface area contributed by atoms with Crippen LogP contribution >= 0.6 is 0 Å². The summed E-state index contributed by atoms with van der Waals surface area (Å²) in [4.78, 5) is 0. The van der Waals surface area contributed by atoms with Crippen LogP contribution in [0.25, 0.3) is 0 Å². The largest absolute Gasteiger partial charge is 0.513 e. The van der Waals surface area contributed by atoms with Gasteiger partial charge in [-0.3, -0.25) is 0 Å². The Hall–Kier alpha value is -1.18. The van der Waals surface area contributed by atoms with Crippen LogP contribution < -0.4 is 0 Å². The number of allylic oxidation sites excluding steroid dienone is 5. The first-order chi connectivity index (χ1) is 4.66. The minimum Gasteiger partial charge on any atom is -0.513 e. The number of aliphatic hydroxyl groups excluding tert-OH is 2. The van der Waals surface area contributed by atoms with E-state index in [1.165, 1.54) is 12.2 Å². The molecule has 0 fully saturated rings. The Labute approximate surface area is 60.8 Å². The number of hydrogen-bond acceptors (Lipinski definition) is 2. The zero-order valence-corrected chi connectivity index (χ0v) is 6.20. The Morgan fingerprint density at radius 3 is 2.30 bits per heavy atom. The van der Waals surface area contributed by atoms with Crippen molar-refractivity contribution in [1.82, 2.24) is 0 Å². The molecule has 0 atom stereocenters. The third kappa shape index (κ3) is 4.97. The highest BCUT2D eigenvalue weighted by Gasteiger charge is 1.77. The first kappa shape index (κ1) is 8.82. The van der Waals surface area contributed by atoms with Crippen LogP contribution in [0.2, 0.25) is 0 Å². The summed E-state index contributed by atoms with van der Waals surface area (Å²) in [6.07, 6.45) is 6.14. The fourth-order valence-electron chi connectivity index (χ4n) is 0.382. The third-order valence-electron chi connectivity index (χ3n) is 0.900. The van der Waals surface area contributed by atoms with E-state index >= 15 is 0 Å². The molecular weight excluding hydrogens is 128 g/mol. The average Bonchev–Trinajstić information content (AvgIpc) is 1.87. The molecule has 2 heteroatoms. The average molecular weight is 140 g/mol. The van der Waals surface area contributed by atoms with Crippen molar-refractivity contribution in [3.63, 3.8) is 0 Å². The van der Waals surface area contributed by atoms with Crippen molar-refractivity contribution in [2.24, 2.45) is 0 Å². The summed E-state index contributed by atoms with van der Waals surface area (Å²) in [5.41, 5.74) is 0. The Balaban J connectivity index is 3.90. The Morgan fingerprint density at radius 1 is 1.30 bits per heavy atom. The summed E-state index contributed by atoms with van der Waals surface area (Å²) in [6, 6.07) is 0. The first-order valence-corrected chi connectivity index (χ1v) is 3.06. The van der Waals surface area contributed by atoms with E-state index in [1.807, 2.05) is 0 Å². The van der Waals surface area contributed by atoms with E-state index in [0.29, 0.717) is 0 Å². The highest BCUT2D eigenvalue weighted by molar-refractivity contribution is 5.16. The van der Waals surface area contributed by atoms with Gasteiger partial charge in [0.1, 0.15) is 5.76 Å². The molecule has 0 rings (SSSR count). The van der Waals surface area contributed by atoms with Gasteiger partial charge in [-0.15, -0.1) is 0 Å². The molecule has 0 radical (unpaired) electrons. The molecule has 0 bridgehead atoms. The van der Waals surface area contributed by atoms with Crippen molar-refractivity contribution in [3.05, 3.63) is 35.8 Å². The van der Waals surface area contributed by atoms with E-state index in [9.17, 15) is 0 Å². The van der Waals surface area contributed by atoms with Crippen LogP contribution in [0.5, 0.6) is 0 Å². The van der Waals surface area contributed by atoms with Crippen LogP contribution in [0.3, 0.4) is 0 Å². The molecule has 56 valence electrons. The van der Waals surface area contributed by atoms with Gasteiger partial charge in [0.05, 0.1) is 5.76 Å². The molecule has 0 aromatic rings. The Morgan fingerprint density at radius 2 is 1.90 bits per heavy atom. The van der Waals surface area contributed by atoms with Crippen molar-refractivity contribution >= 4 is 0 Å². The fraction of sp³-hybridized carbons (Fsp3) is 0.250. The molecule has 0 aromatic heterocycles. The summed E-state index contributed by atoms with van der Waals surface area (Å²) < 4.78 is 0. The van der Waals surface area contributed by atoms with Crippen LogP contribution in [0.4, 0.5) is 0 Å². The number of aliphatic hydroxyl groups is 2. The SMILES string of the molecule is CC=C(O)C=CC=C(C)O. The lowest BCUT2D eigenvalue weighted by atomic mass is 10.4. The molecule has 2 N–H and O–H groups in total. The minimum atomic E-state index is 0.192. The zero-order chi connectivity index (χ0) is 7.98. The molecule has 0 unspecified atom stereocenters. The smallest absolute Gasteiger partial charge is 0.111 e. The van der Waals surface area contributed by atoms with Gasteiger partial charge in [0.15, 0.2) is 0 Å². The molecule has 0 aliphatic heterocycles. The van der Waals surface area contributed by atoms with Gasteiger partial charge >= 0.3 is 0 Å². The van der Waals surface area contributed by atoms with E-state index in [4.69, 9.17) is 10.2 Å². The highest BCUT2D eigenvalue weighted by Crippen LogP contribution is 1.91. The van der Waals surface area contributed by atoms with Gasteiger partial charge in [-0.05, 0) is 32.1 Å². The van der Waals surface area contributed by atoms with E-state index in [0.717, 1.165) is 0 Å². The van der Waals surface area contributed by atoms with Crippen LogP contribution in [-0.4, -0.2) is 10.2 Å². The van der Waals surface area contributed by atoms with E-state index in [-0.39, 0.29) is 11.5 Å². The molecule has 2 nitrogen and oxygen atoms in total. The fourth-order valence-corrected chi connectivity index (χ4v) is 0.382. The topological polar surface area (TPSA) is 40.5 Å². The Kier molecular flexibility index (Phi) is 4.12. The first-order valence-electron chi connectivity index (χ1n) is 3.06. The van der Waals surface area contributed by atoms with Gasteiger partial charge in [-0.2, -0.15) is 0 Å². The van der Waals surface area contributed by atoms with Gasteiger partial charge in [0.2, 0.25) is 0 Å². The predicted molar refractivity (Wildman–Crippen MR) is 41.9 cm³/mol. The minimum absolute atomic E-state index is 0.192. The van der Waals surface area contributed by atoms with E-state index in [1.54, 1.807) is 26.0 Å². The summed E-state index contributed by atoms with van der Waals surface area (Å²) in [6.45, 7) is 3.30. The summed E-state index contributed by atoms with van der Waals surface area (Å²) >= 11 is 0. The lowest BCUT2D eigenvalue weighted by Gasteiger charge is -1.85. The van der Waals surface area contributed by atoms with Crippen LogP contribution in [-0.2, 0) is 0 Å². The maximum atomic E-state index is 8.83. The molecule has 0 saturated heterocycles. The lowest BCUT2D eigenvalue weighted by molar-refractivity contribution is 0.414. The second-order valence-electron chi connectivity index (χ2n) is 1.88. The van der Waals surface area contributed by atoms with Crippen molar-refractivity contribution in [2.45, 2.75) is 13.8 Å². The number of rotatable bonds is 2. The predicted octanol–water partition coefficient (Wildman–Crippen LogP) is 2.47. The van der Waals surface area contributed by atoms with Crippen LogP contribution in [0, 0.1) is 0 Å².